The van der Waals surface area contributed by atoms with E-state index in [4.69, 9.17) is 38.0 Å². The number of benzene rings is 2. The van der Waals surface area contributed by atoms with Gasteiger partial charge in [-0.05, 0) is 61.5 Å². The number of fused-ring (bicyclic) bond motifs is 1. The highest BCUT2D eigenvalue weighted by Crippen LogP contribution is 2.42. The van der Waals surface area contributed by atoms with Crippen molar-refractivity contribution >= 4 is 34.8 Å². The van der Waals surface area contributed by atoms with Crippen LogP contribution < -0.4 is 30.2 Å². The summed E-state index contributed by atoms with van der Waals surface area (Å²) in [5.41, 5.74) is 2.81. The molecule has 3 atom stereocenters. The fourth-order valence-corrected chi connectivity index (χ4v) is 5.00. The van der Waals surface area contributed by atoms with Gasteiger partial charge in [0.25, 0.3) is 0 Å². The Hall–Kier alpha value is -2.71. The molecule has 7 nitrogen and oxygen atoms in total. The summed E-state index contributed by atoms with van der Waals surface area (Å²) in [4.78, 5) is 12.5. The van der Waals surface area contributed by atoms with Crippen molar-refractivity contribution in [3.8, 4) is 28.4 Å². The predicted molar refractivity (Wildman–Crippen MR) is 132 cm³/mol. The molecule has 0 spiro atoms. The third-order valence-electron chi connectivity index (χ3n) is 5.88. The van der Waals surface area contributed by atoms with Gasteiger partial charge >= 0.3 is 0 Å². The van der Waals surface area contributed by atoms with Crippen LogP contribution in [0.15, 0.2) is 30.3 Å². The third kappa shape index (κ3) is 5.45. The lowest BCUT2D eigenvalue weighted by atomic mass is 9.99. The number of hydrogen-bond donors (Lipinski definition) is 3. The Kier molecular flexibility index (Phi) is 7.14. The minimum atomic E-state index is -0.176. The second kappa shape index (κ2) is 10.1. The summed E-state index contributed by atoms with van der Waals surface area (Å²) in [7, 11) is 3.26. The molecular formula is C24H28ClN3O4S. The summed E-state index contributed by atoms with van der Waals surface area (Å²) >= 11 is 11.8. The topological polar surface area (TPSA) is 80.9 Å². The van der Waals surface area contributed by atoms with E-state index in [2.05, 4.69) is 28.9 Å². The van der Waals surface area contributed by atoms with Crippen molar-refractivity contribution in [1.29, 1.82) is 0 Å². The van der Waals surface area contributed by atoms with Crippen LogP contribution in [0.4, 0.5) is 0 Å². The zero-order chi connectivity index (χ0) is 23.5. The van der Waals surface area contributed by atoms with E-state index in [9.17, 15) is 4.79 Å². The smallest absolute Gasteiger partial charge is 0.222 e. The quantitative estimate of drug-likeness (QED) is 0.514. The summed E-state index contributed by atoms with van der Waals surface area (Å²) in [6, 6.07) is 9.86. The van der Waals surface area contributed by atoms with Crippen molar-refractivity contribution in [3.63, 3.8) is 0 Å². The molecule has 0 aromatic heterocycles. The first-order valence-electron chi connectivity index (χ1n) is 10.9. The molecule has 3 N–H and O–H groups in total. The van der Waals surface area contributed by atoms with E-state index in [-0.39, 0.29) is 24.1 Å². The molecule has 2 heterocycles. The van der Waals surface area contributed by atoms with Gasteiger partial charge in [-0.2, -0.15) is 0 Å². The third-order valence-corrected chi connectivity index (χ3v) is 6.40. The van der Waals surface area contributed by atoms with Crippen molar-refractivity contribution in [2.75, 3.05) is 20.8 Å². The Morgan fingerprint density at radius 2 is 2.06 bits per heavy atom. The Bertz CT molecular complexity index is 1060. The second-order valence-corrected chi connectivity index (χ2v) is 9.23. The zero-order valence-electron chi connectivity index (χ0n) is 18.9. The summed E-state index contributed by atoms with van der Waals surface area (Å²) in [5, 5.41) is 10.4. The molecule has 0 aliphatic carbocycles. The number of carbonyl (C=O) groups excluding carboxylic acids is 1. The molecule has 4 rings (SSSR count). The van der Waals surface area contributed by atoms with E-state index in [0.717, 1.165) is 34.6 Å². The fraction of sp³-hybridized carbons (Fsp3) is 0.417. The van der Waals surface area contributed by atoms with Gasteiger partial charge in [0.1, 0.15) is 23.4 Å². The van der Waals surface area contributed by atoms with Gasteiger partial charge in [0, 0.05) is 36.1 Å². The van der Waals surface area contributed by atoms with Gasteiger partial charge in [0.2, 0.25) is 5.91 Å². The van der Waals surface area contributed by atoms with E-state index >= 15 is 0 Å². The van der Waals surface area contributed by atoms with Crippen LogP contribution in [0.5, 0.6) is 17.2 Å². The van der Waals surface area contributed by atoms with Crippen molar-refractivity contribution in [2.24, 2.45) is 0 Å². The van der Waals surface area contributed by atoms with Crippen LogP contribution in [-0.2, 0) is 11.2 Å². The molecule has 0 radical (unpaired) electrons. The van der Waals surface area contributed by atoms with Crippen LogP contribution in [0.25, 0.3) is 11.1 Å². The molecule has 2 aliphatic rings. The molecule has 2 aliphatic heterocycles. The van der Waals surface area contributed by atoms with Gasteiger partial charge in [-0.3, -0.25) is 4.79 Å². The highest BCUT2D eigenvalue weighted by molar-refractivity contribution is 7.80. The Morgan fingerprint density at radius 3 is 2.79 bits per heavy atom. The lowest BCUT2D eigenvalue weighted by Crippen LogP contribution is -2.54. The number of halogens is 1. The first-order chi connectivity index (χ1) is 15.9. The molecule has 176 valence electrons. The molecule has 1 unspecified atom stereocenters. The maximum Gasteiger partial charge on any atom is 0.222 e. The van der Waals surface area contributed by atoms with Gasteiger partial charge in [-0.1, -0.05) is 11.6 Å². The van der Waals surface area contributed by atoms with Crippen LogP contribution in [0, 0.1) is 0 Å². The average Bonchev–Trinajstić information content (AvgIpc) is 3.20. The van der Waals surface area contributed by atoms with Crippen molar-refractivity contribution in [2.45, 2.75) is 44.4 Å². The van der Waals surface area contributed by atoms with Crippen LogP contribution in [-0.4, -0.2) is 50.0 Å². The number of ether oxygens (including phenoxy) is 3. The molecule has 0 saturated carbocycles. The SMILES string of the molecule is COc1ccc(OC)c(-c2cc(Cl)c3c(c2)CC(CNC(=O)C[C@@H]2C[C@@H](C)NC(=S)N2)O3)c1. The molecular weight excluding hydrogens is 462 g/mol. The zero-order valence-corrected chi connectivity index (χ0v) is 20.4. The minimum Gasteiger partial charge on any atom is -0.497 e. The predicted octanol–water partition coefficient (Wildman–Crippen LogP) is 3.46. The number of methoxy groups -OCH3 is 2. The number of thiocarbonyl (C=S) groups is 1. The molecule has 33 heavy (non-hydrogen) atoms. The molecule has 9 heteroatoms. The van der Waals surface area contributed by atoms with E-state index in [1.54, 1.807) is 14.2 Å². The summed E-state index contributed by atoms with van der Waals surface area (Å²) in [5.74, 6) is 2.10. The van der Waals surface area contributed by atoms with Crippen LogP contribution >= 0.6 is 23.8 Å². The molecule has 0 bridgehead atoms. The lowest BCUT2D eigenvalue weighted by molar-refractivity contribution is -0.121. The largest absolute Gasteiger partial charge is 0.497 e. The van der Waals surface area contributed by atoms with Gasteiger partial charge in [0.15, 0.2) is 5.11 Å². The first-order valence-corrected chi connectivity index (χ1v) is 11.7. The first kappa shape index (κ1) is 23.4. The Labute approximate surface area is 204 Å². The molecule has 1 amide bonds. The number of amides is 1. The van der Waals surface area contributed by atoms with E-state index < -0.39 is 0 Å². The molecule has 1 saturated heterocycles. The fourth-order valence-electron chi connectivity index (χ4n) is 4.35. The number of hydrogen-bond acceptors (Lipinski definition) is 5. The minimum absolute atomic E-state index is 0.0307. The lowest BCUT2D eigenvalue weighted by Gasteiger charge is -2.30. The standard InChI is InChI=1S/C24H28ClN3O4S/c1-13-6-16(28-24(33)27-13)10-22(29)26-12-18-8-15-7-14(9-20(25)23(15)32-18)19-11-17(30-2)4-5-21(19)31-3/h4-5,7,9,11,13,16,18H,6,8,10,12H2,1-3H3,(H,26,29)(H2,27,28,33)/t13-,16+,18?/m1/s1. The van der Waals surface area contributed by atoms with Crippen LogP contribution in [0.1, 0.15) is 25.3 Å². The normalized spacial score (nSPS) is 21.3. The Balaban J connectivity index is 1.40. The maximum atomic E-state index is 12.5. The summed E-state index contributed by atoms with van der Waals surface area (Å²) in [6.07, 6.45) is 1.68. The van der Waals surface area contributed by atoms with Crippen LogP contribution in [0.3, 0.4) is 0 Å². The van der Waals surface area contributed by atoms with E-state index in [1.165, 1.54) is 0 Å². The highest BCUT2D eigenvalue weighted by Gasteiger charge is 2.28. The number of nitrogens with one attached hydrogen (secondary N) is 3. The summed E-state index contributed by atoms with van der Waals surface area (Å²) < 4.78 is 16.9. The van der Waals surface area contributed by atoms with E-state index in [0.29, 0.717) is 35.3 Å². The average molecular weight is 490 g/mol. The van der Waals surface area contributed by atoms with Gasteiger partial charge in [-0.25, -0.2) is 0 Å². The number of carbonyl (C=O) groups is 1. The number of rotatable bonds is 7. The van der Waals surface area contributed by atoms with E-state index in [1.807, 2.05) is 24.3 Å². The monoisotopic (exact) mass is 489 g/mol. The molecule has 2 aromatic carbocycles. The molecule has 2 aromatic rings. The molecule has 1 fully saturated rings. The van der Waals surface area contributed by atoms with Gasteiger partial charge < -0.3 is 30.2 Å². The maximum absolute atomic E-state index is 12.5. The van der Waals surface area contributed by atoms with Crippen LogP contribution in [0.2, 0.25) is 5.02 Å². The Morgan fingerprint density at radius 1 is 1.24 bits per heavy atom. The van der Waals surface area contributed by atoms with Crippen molar-refractivity contribution in [3.05, 3.63) is 40.9 Å². The summed E-state index contributed by atoms with van der Waals surface area (Å²) in [6.45, 7) is 2.47. The highest BCUT2D eigenvalue weighted by atomic mass is 35.5. The van der Waals surface area contributed by atoms with Gasteiger partial charge in [-0.15, -0.1) is 0 Å². The van der Waals surface area contributed by atoms with Crippen molar-refractivity contribution < 1.29 is 19.0 Å². The van der Waals surface area contributed by atoms with Crippen molar-refractivity contribution in [1.82, 2.24) is 16.0 Å². The van der Waals surface area contributed by atoms with Gasteiger partial charge in [0.05, 0.1) is 25.8 Å². The second-order valence-electron chi connectivity index (χ2n) is 8.42.